The van der Waals surface area contributed by atoms with Gasteiger partial charge in [0, 0.05) is 11.4 Å². The predicted molar refractivity (Wildman–Crippen MR) is 76.8 cm³/mol. The first kappa shape index (κ1) is 11.1. The van der Waals surface area contributed by atoms with E-state index >= 15 is 0 Å². The van der Waals surface area contributed by atoms with Gasteiger partial charge in [0.25, 0.3) is 0 Å². The number of nitrogens with two attached hydrogens (primary N) is 1. The van der Waals surface area contributed by atoms with Gasteiger partial charge in [-0.05, 0) is 19.9 Å². The van der Waals surface area contributed by atoms with Crippen molar-refractivity contribution in [1.29, 1.82) is 5.26 Å². The van der Waals surface area contributed by atoms with Gasteiger partial charge in [0.05, 0.1) is 15.7 Å². The molecule has 2 N–H and O–H groups in total. The Balaban J connectivity index is 2.63. The Morgan fingerprint density at radius 1 is 1.33 bits per heavy atom. The summed E-state index contributed by atoms with van der Waals surface area (Å²) in [7, 11) is 0. The van der Waals surface area contributed by atoms with E-state index in [1.807, 2.05) is 12.1 Å². The molecular weight excluding hydrogens is 242 g/mol. The summed E-state index contributed by atoms with van der Waals surface area (Å²) in [5.41, 5.74) is 8.72. The van der Waals surface area contributed by atoms with Crippen molar-refractivity contribution >= 4 is 37.5 Å². The van der Waals surface area contributed by atoms with Crippen LogP contribution in [0.3, 0.4) is 0 Å². The first-order valence-electron chi connectivity index (χ1n) is 5.86. The number of nitrogen functional groups attached to an aromatic ring is 1. The van der Waals surface area contributed by atoms with Gasteiger partial charge in [-0.25, -0.2) is 0 Å². The fraction of sp³-hybridized carbons (Fsp3) is 0.214. The smallest absolute Gasteiger partial charge is 0.110 e. The Morgan fingerprint density at radius 2 is 2.06 bits per heavy atom. The summed E-state index contributed by atoms with van der Waals surface area (Å²) in [6.07, 6.45) is 0. The van der Waals surface area contributed by atoms with Gasteiger partial charge in [0.1, 0.15) is 16.6 Å². The first-order chi connectivity index (χ1) is 8.65. The van der Waals surface area contributed by atoms with Crippen molar-refractivity contribution in [2.75, 3.05) is 5.73 Å². The fourth-order valence-electron chi connectivity index (χ4n) is 2.49. The summed E-state index contributed by atoms with van der Waals surface area (Å²) in [4.78, 5) is 0. The quantitative estimate of drug-likeness (QED) is 0.717. The molecule has 0 bridgehead atoms. The maximum absolute atomic E-state index is 9.30. The Kier molecular flexibility index (Phi) is 2.32. The van der Waals surface area contributed by atoms with Gasteiger partial charge >= 0.3 is 0 Å². The Hall–Kier alpha value is -1.99. The molecule has 2 aromatic heterocycles. The molecule has 18 heavy (non-hydrogen) atoms. The number of aromatic nitrogens is 1. The number of fused-ring (bicyclic) bond motifs is 3. The molecule has 3 nitrogen and oxygen atoms in total. The largest absolute Gasteiger partial charge is 0.389 e. The van der Waals surface area contributed by atoms with Crippen molar-refractivity contribution in [1.82, 2.24) is 4.57 Å². The molecule has 0 unspecified atom stereocenters. The van der Waals surface area contributed by atoms with Gasteiger partial charge in [-0.2, -0.15) is 5.26 Å². The molecule has 0 aliphatic rings. The molecule has 0 radical (unpaired) electrons. The summed E-state index contributed by atoms with van der Waals surface area (Å²) in [6, 6.07) is 10.8. The number of hydrogen-bond donors (Lipinski definition) is 1. The molecule has 90 valence electrons. The van der Waals surface area contributed by atoms with Crippen LogP contribution in [0.15, 0.2) is 24.3 Å². The minimum atomic E-state index is 0.300. The average molecular weight is 255 g/mol. The van der Waals surface area contributed by atoms with Crippen LogP contribution in [0.5, 0.6) is 0 Å². The first-order valence-corrected chi connectivity index (χ1v) is 6.67. The minimum Gasteiger partial charge on any atom is -0.389 e. The summed E-state index contributed by atoms with van der Waals surface area (Å²) in [6.45, 7) is 4.25. The van der Waals surface area contributed by atoms with Gasteiger partial charge in [-0.15, -0.1) is 11.3 Å². The molecule has 0 amide bonds. The molecule has 0 fully saturated rings. The van der Waals surface area contributed by atoms with E-state index in [1.54, 1.807) is 0 Å². The van der Waals surface area contributed by atoms with Crippen LogP contribution >= 0.6 is 11.3 Å². The standard InChI is InChI=1S/C14H13N3S/c1-8(2)17-11-6-4-3-5-9(11)13-12(17)10(7-15)14(16)18-13/h3-6,8H,16H2,1-2H3. The molecule has 4 heteroatoms. The molecule has 2 heterocycles. The minimum absolute atomic E-state index is 0.300. The summed E-state index contributed by atoms with van der Waals surface area (Å²) in [5.74, 6) is 0. The van der Waals surface area contributed by atoms with E-state index in [0.717, 1.165) is 10.2 Å². The van der Waals surface area contributed by atoms with Crippen LogP contribution in [0.2, 0.25) is 0 Å². The van der Waals surface area contributed by atoms with Gasteiger partial charge in [-0.3, -0.25) is 0 Å². The van der Waals surface area contributed by atoms with Crippen molar-refractivity contribution in [3.63, 3.8) is 0 Å². The highest BCUT2D eigenvalue weighted by molar-refractivity contribution is 7.24. The van der Waals surface area contributed by atoms with Crippen molar-refractivity contribution in [2.45, 2.75) is 19.9 Å². The van der Waals surface area contributed by atoms with E-state index < -0.39 is 0 Å². The SMILES string of the molecule is CC(C)n1c2ccccc2c2sc(N)c(C#N)c21. The second-order valence-corrected chi connectivity index (χ2v) is 5.66. The van der Waals surface area contributed by atoms with Crippen LogP contribution in [0.4, 0.5) is 5.00 Å². The lowest BCUT2D eigenvalue weighted by Crippen LogP contribution is -2.00. The number of benzene rings is 1. The van der Waals surface area contributed by atoms with Crippen LogP contribution in [0, 0.1) is 11.3 Å². The predicted octanol–water partition coefficient (Wildman–Crippen LogP) is 3.89. The van der Waals surface area contributed by atoms with Gasteiger partial charge < -0.3 is 10.3 Å². The summed E-state index contributed by atoms with van der Waals surface area (Å²) >= 11 is 1.51. The molecule has 1 aromatic carbocycles. The third-order valence-corrected chi connectivity index (χ3v) is 4.23. The van der Waals surface area contributed by atoms with E-state index in [1.165, 1.54) is 22.2 Å². The third kappa shape index (κ3) is 1.28. The normalized spacial score (nSPS) is 11.4. The molecule has 0 aliphatic carbocycles. The van der Waals surface area contributed by atoms with E-state index in [9.17, 15) is 5.26 Å². The molecule has 3 aromatic rings. The highest BCUT2D eigenvalue weighted by Crippen LogP contribution is 2.41. The number of thiophene rings is 1. The maximum Gasteiger partial charge on any atom is 0.110 e. The number of anilines is 1. The molecule has 0 spiro atoms. The molecule has 0 aliphatic heterocycles. The Labute approximate surface area is 109 Å². The van der Waals surface area contributed by atoms with E-state index in [-0.39, 0.29) is 0 Å². The molecular formula is C14H13N3S. The van der Waals surface area contributed by atoms with Crippen LogP contribution in [0.1, 0.15) is 25.5 Å². The highest BCUT2D eigenvalue weighted by Gasteiger charge is 2.20. The van der Waals surface area contributed by atoms with Crippen LogP contribution in [-0.2, 0) is 0 Å². The van der Waals surface area contributed by atoms with Crippen molar-refractivity contribution < 1.29 is 0 Å². The van der Waals surface area contributed by atoms with Crippen LogP contribution in [0.25, 0.3) is 21.1 Å². The summed E-state index contributed by atoms with van der Waals surface area (Å²) in [5, 5.41) is 11.1. The van der Waals surface area contributed by atoms with Crippen molar-refractivity contribution in [2.24, 2.45) is 0 Å². The Morgan fingerprint density at radius 3 is 2.72 bits per heavy atom. The number of nitrogens with zero attached hydrogens (tertiary/aromatic N) is 2. The topological polar surface area (TPSA) is 54.7 Å². The number of hydrogen-bond acceptors (Lipinski definition) is 3. The van der Waals surface area contributed by atoms with Crippen molar-refractivity contribution in [3.8, 4) is 6.07 Å². The highest BCUT2D eigenvalue weighted by atomic mass is 32.1. The zero-order valence-electron chi connectivity index (χ0n) is 10.3. The molecule has 0 saturated heterocycles. The molecule has 0 saturated carbocycles. The molecule has 0 atom stereocenters. The molecule has 3 rings (SSSR count). The Bertz CT molecular complexity index is 787. The van der Waals surface area contributed by atoms with Gasteiger partial charge in [-0.1, -0.05) is 18.2 Å². The van der Waals surface area contributed by atoms with E-state index in [4.69, 9.17) is 5.73 Å². The van der Waals surface area contributed by atoms with Crippen molar-refractivity contribution in [3.05, 3.63) is 29.8 Å². The number of rotatable bonds is 1. The monoisotopic (exact) mass is 255 g/mol. The third-order valence-electron chi connectivity index (χ3n) is 3.19. The average Bonchev–Trinajstić information content (AvgIpc) is 2.81. The lowest BCUT2D eigenvalue weighted by molar-refractivity contribution is 0.642. The number of nitriles is 1. The van der Waals surface area contributed by atoms with Gasteiger partial charge in [0.15, 0.2) is 0 Å². The van der Waals surface area contributed by atoms with E-state index in [0.29, 0.717) is 16.6 Å². The second-order valence-electron chi connectivity index (χ2n) is 4.61. The number of para-hydroxylation sites is 1. The van der Waals surface area contributed by atoms with Gasteiger partial charge in [0.2, 0.25) is 0 Å². The van der Waals surface area contributed by atoms with E-state index in [2.05, 4.69) is 36.6 Å². The van der Waals surface area contributed by atoms with Crippen LogP contribution in [-0.4, -0.2) is 4.57 Å². The zero-order chi connectivity index (χ0) is 12.9. The zero-order valence-corrected chi connectivity index (χ0v) is 11.1. The fourth-order valence-corrected chi connectivity index (χ4v) is 3.54. The maximum atomic E-state index is 9.30. The lowest BCUT2D eigenvalue weighted by atomic mass is 10.2. The van der Waals surface area contributed by atoms with Crippen LogP contribution < -0.4 is 5.73 Å². The lowest BCUT2D eigenvalue weighted by Gasteiger charge is -2.11. The summed E-state index contributed by atoms with van der Waals surface area (Å²) < 4.78 is 3.32. The second kappa shape index (κ2) is 3.76.